The minimum Gasteiger partial charge on any atom is -0.375 e. The third-order valence-electron chi connectivity index (χ3n) is 3.04. The van der Waals surface area contributed by atoms with E-state index in [1.165, 1.54) is 10.6 Å². The number of rotatable bonds is 2. The summed E-state index contributed by atoms with van der Waals surface area (Å²) in [5.41, 5.74) is 9.94. The number of hydrogen-bond donors (Lipinski definition) is 3. The van der Waals surface area contributed by atoms with Crippen LogP contribution in [0.2, 0.25) is 0 Å². The standard InChI is InChI=1S/C12H14N4S3/c1-7-3-5-8(6-4-7)12(2)9(17)16(11(19)14-12)15-10(13)18/h3-6H,1-2H3,(H,14,19)(H3,13,15,18). The van der Waals surface area contributed by atoms with Crippen LogP contribution in [0.15, 0.2) is 24.3 Å². The van der Waals surface area contributed by atoms with Crippen molar-refractivity contribution in [3.05, 3.63) is 35.4 Å². The summed E-state index contributed by atoms with van der Waals surface area (Å²) >= 11 is 15.6. The van der Waals surface area contributed by atoms with Crippen LogP contribution in [0.25, 0.3) is 0 Å². The number of hydrazine groups is 1. The first kappa shape index (κ1) is 14.1. The van der Waals surface area contributed by atoms with E-state index in [0.29, 0.717) is 10.1 Å². The minimum absolute atomic E-state index is 0.125. The van der Waals surface area contributed by atoms with Crippen molar-refractivity contribution in [3.8, 4) is 0 Å². The Bertz CT molecular complexity index is 555. The lowest BCUT2D eigenvalue weighted by atomic mass is 9.92. The molecule has 2 rings (SSSR count). The van der Waals surface area contributed by atoms with Crippen molar-refractivity contribution in [2.24, 2.45) is 5.73 Å². The fourth-order valence-electron chi connectivity index (χ4n) is 1.93. The van der Waals surface area contributed by atoms with Gasteiger partial charge in [-0.05, 0) is 43.8 Å². The summed E-state index contributed by atoms with van der Waals surface area (Å²) < 4.78 is 0. The first-order valence-corrected chi connectivity index (χ1v) is 6.87. The summed E-state index contributed by atoms with van der Waals surface area (Å²) in [7, 11) is 0. The maximum atomic E-state index is 5.48. The van der Waals surface area contributed by atoms with Gasteiger partial charge < -0.3 is 11.1 Å². The van der Waals surface area contributed by atoms with Gasteiger partial charge in [0, 0.05) is 0 Å². The second kappa shape index (κ2) is 4.99. The van der Waals surface area contributed by atoms with Gasteiger partial charge in [-0.15, -0.1) is 0 Å². The molecule has 0 aliphatic carbocycles. The Labute approximate surface area is 128 Å². The predicted molar refractivity (Wildman–Crippen MR) is 88.6 cm³/mol. The van der Waals surface area contributed by atoms with E-state index >= 15 is 0 Å². The molecule has 1 fully saturated rings. The van der Waals surface area contributed by atoms with Crippen LogP contribution in [0.5, 0.6) is 0 Å². The zero-order valence-electron chi connectivity index (χ0n) is 10.6. The summed E-state index contributed by atoms with van der Waals surface area (Å²) in [6, 6.07) is 8.14. The molecule has 100 valence electrons. The first-order chi connectivity index (χ1) is 8.84. The smallest absolute Gasteiger partial charge is 0.194 e. The van der Waals surface area contributed by atoms with Gasteiger partial charge in [-0.1, -0.05) is 42.0 Å². The van der Waals surface area contributed by atoms with E-state index in [1.807, 2.05) is 38.1 Å². The van der Waals surface area contributed by atoms with Gasteiger partial charge in [-0.2, -0.15) is 0 Å². The van der Waals surface area contributed by atoms with E-state index in [9.17, 15) is 0 Å². The molecule has 7 heteroatoms. The van der Waals surface area contributed by atoms with E-state index in [-0.39, 0.29) is 5.11 Å². The number of nitrogens with zero attached hydrogens (tertiary/aromatic N) is 1. The highest BCUT2D eigenvalue weighted by Crippen LogP contribution is 2.29. The van der Waals surface area contributed by atoms with Crippen molar-refractivity contribution >= 4 is 51.9 Å². The Balaban J connectivity index is 2.35. The van der Waals surface area contributed by atoms with Crippen LogP contribution >= 0.6 is 36.7 Å². The predicted octanol–water partition coefficient (Wildman–Crippen LogP) is 1.48. The number of aryl methyl sites for hydroxylation is 1. The highest BCUT2D eigenvalue weighted by atomic mass is 32.1. The van der Waals surface area contributed by atoms with Crippen molar-refractivity contribution in [1.29, 1.82) is 0 Å². The van der Waals surface area contributed by atoms with E-state index in [0.717, 1.165) is 5.56 Å². The van der Waals surface area contributed by atoms with E-state index in [4.69, 9.17) is 42.4 Å². The van der Waals surface area contributed by atoms with Gasteiger partial charge in [0.2, 0.25) is 0 Å². The zero-order valence-corrected chi connectivity index (χ0v) is 13.0. The maximum Gasteiger partial charge on any atom is 0.194 e. The summed E-state index contributed by atoms with van der Waals surface area (Å²) in [6.07, 6.45) is 0. The molecule has 1 aliphatic rings. The van der Waals surface area contributed by atoms with Crippen molar-refractivity contribution < 1.29 is 0 Å². The number of hydrogen-bond acceptors (Lipinski definition) is 3. The zero-order chi connectivity index (χ0) is 14.2. The lowest BCUT2D eigenvalue weighted by molar-refractivity contribution is 0.567. The summed E-state index contributed by atoms with van der Waals surface area (Å²) in [5.74, 6) is 0. The average Bonchev–Trinajstić information content (AvgIpc) is 2.54. The van der Waals surface area contributed by atoms with Crippen LogP contribution < -0.4 is 16.5 Å². The molecule has 19 heavy (non-hydrogen) atoms. The Morgan fingerprint density at radius 2 is 1.89 bits per heavy atom. The van der Waals surface area contributed by atoms with Crippen molar-refractivity contribution in [1.82, 2.24) is 15.8 Å². The van der Waals surface area contributed by atoms with Gasteiger partial charge in [0.15, 0.2) is 10.2 Å². The van der Waals surface area contributed by atoms with Gasteiger partial charge in [0.25, 0.3) is 0 Å². The van der Waals surface area contributed by atoms with Crippen molar-refractivity contribution in [2.75, 3.05) is 0 Å². The first-order valence-electron chi connectivity index (χ1n) is 5.64. The van der Waals surface area contributed by atoms with E-state index in [1.54, 1.807) is 0 Å². The SMILES string of the molecule is Cc1ccc(C2(C)NC(=S)N(NC(N)=S)C2=S)cc1. The highest BCUT2D eigenvalue weighted by Gasteiger charge is 2.44. The molecule has 0 spiro atoms. The monoisotopic (exact) mass is 310 g/mol. The molecular formula is C12H14N4S3. The molecule has 1 heterocycles. The number of nitrogens with one attached hydrogen (secondary N) is 2. The van der Waals surface area contributed by atoms with Crippen LogP contribution in [0.3, 0.4) is 0 Å². The molecule has 1 aromatic carbocycles. The maximum absolute atomic E-state index is 5.48. The Hall–Kier alpha value is -1.31. The lowest BCUT2D eigenvalue weighted by Gasteiger charge is -2.25. The molecule has 4 N–H and O–H groups in total. The molecule has 1 saturated heterocycles. The Kier molecular flexibility index (Phi) is 3.71. The van der Waals surface area contributed by atoms with Crippen LogP contribution in [-0.2, 0) is 5.54 Å². The van der Waals surface area contributed by atoms with Crippen molar-refractivity contribution in [2.45, 2.75) is 19.4 Å². The third-order valence-corrected chi connectivity index (χ3v) is 4.01. The highest BCUT2D eigenvalue weighted by molar-refractivity contribution is 7.82. The lowest BCUT2D eigenvalue weighted by Crippen LogP contribution is -2.48. The number of thiocarbonyl (C=S) groups is 3. The molecular weight excluding hydrogens is 296 g/mol. The molecule has 0 aromatic heterocycles. The summed E-state index contributed by atoms with van der Waals surface area (Å²) in [6.45, 7) is 4.02. The molecule has 0 saturated carbocycles. The van der Waals surface area contributed by atoms with Crippen LogP contribution in [0, 0.1) is 6.92 Å². The second-order valence-corrected chi connectivity index (χ2v) is 5.75. The molecule has 0 radical (unpaired) electrons. The topological polar surface area (TPSA) is 53.3 Å². The Morgan fingerprint density at radius 1 is 1.32 bits per heavy atom. The average molecular weight is 310 g/mol. The van der Waals surface area contributed by atoms with E-state index in [2.05, 4.69) is 10.7 Å². The molecule has 1 aliphatic heterocycles. The van der Waals surface area contributed by atoms with Crippen molar-refractivity contribution in [3.63, 3.8) is 0 Å². The minimum atomic E-state index is -0.544. The van der Waals surface area contributed by atoms with E-state index < -0.39 is 5.54 Å². The van der Waals surface area contributed by atoms with Gasteiger partial charge in [0.05, 0.1) is 0 Å². The van der Waals surface area contributed by atoms with Crippen LogP contribution in [0.4, 0.5) is 0 Å². The van der Waals surface area contributed by atoms with Crippen LogP contribution in [0.1, 0.15) is 18.1 Å². The molecule has 1 unspecified atom stereocenters. The second-order valence-electron chi connectivity index (χ2n) is 4.54. The molecule has 4 nitrogen and oxygen atoms in total. The molecule has 1 aromatic rings. The molecule has 0 amide bonds. The fraction of sp³-hybridized carbons (Fsp3) is 0.250. The quantitative estimate of drug-likeness (QED) is 0.715. The summed E-state index contributed by atoms with van der Waals surface area (Å²) in [4.78, 5) is 0.592. The van der Waals surface area contributed by atoms with Gasteiger partial charge in [-0.25, -0.2) is 5.01 Å². The third kappa shape index (κ3) is 2.54. The normalized spacial score (nSPS) is 22.3. The molecule has 1 atom stereocenters. The number of benzene rings is 1. The van der Waals surface area contributed by atoms with Crippen LogP contribution in [-0.4, -0.2) is 20.2 Å². The largest absolute Gasteiger partial charge is 0.375 e. The fourth-order valence-corrected chi connectivity index (χ4v) is 2.73. The Morgan fingerprint density at radius 3 is 2.42 bits per heavy atom. The summed E-state index contributed by atoms with van der Waals surface area (Å²) in [5, 5.41) is 5.33. The van der Waals surface area contributed by atoms with Gasteiger partial charge in [-0.3, -0.25) is 5.43 Å². The number of nitrogens with two attached hydrogens (primary N) is 1. The van der Waals surface area contributed by atoms with Gasteiger partial charge in [0.1, 0.15) is 10.5 Å². The van der Waals surface area contributed by atoms with Gasteiger partial charge >= 0.3 is 0 Å². The molecule has 0 bridgehead atoms.